The average Bonchev–Trinajstić information content (AvgIpc) is 2.50. The van der Waals surface area contributed by atoms with E-state index in [0.717, 1.165) is 0 Å². The van der Waals surface area contributed by atoms with E-state index in [-0.39, 0.29) is 12.3 Å². The van der Waals surface area contributed by atoms with Crippen molar-refractivity contribution >= 4 is 23.7 Å². The molecule has 0 bridgehead atoms. The number of β-lactam (4-membered cyclic amide) rings is 1. The van der Waals surface area contributed by atoms with Gasteiger partial charge in [0.25, 0.3) is 5.69 Å². The predicted molar refractivity (Wildman–Crippen MR) is 76.9 cm³/mol. The molecule has 128 valence electrons. The summed E-state index contributed by atoms with van der Waals surface area (Å²) >= 11 is 0. The van der Waals surface area contributed by atoms with Crippen LogP contribution in [0.2, 0.25) is 0 Å². The fraction of sp³-hybridized carbons (Fsp3) is 0.357. The Morgan fingerprint density at radius 2 is 2.00 bits per heavy atom. The predicted octanol–water partition coefficient (Wildman–Crippen LogP) is 0.836. The number of amides is 1. The molecular weight excluding hydrogens is 324 g/mol. The zero-order valence-electron chi connectivity index (χ0n) is 12.5. The molecule has 1 aromatic carbocycles. The van der Waals surface area contributed by atoms with Crippen molar-refractivity contribution in [3.63, 3.8) is 0 Å². The fourth-order valence-corrected chi connectivity index (χ4v) is 2.21. The molecule has 0 spiro atoms. The molecule has 1 saturated heterocycles. The van der Waals surface area contributed by atoms with Gasteiger partial charge < -0.3 is 19.9 Å². The average molecular weight is 338 g/mol. The summed E-state index contributed by atoms with van der Waals surface area (Å²) in [6.07, 6.45) is -2.03. The van der Waals surface area contributed by atoms with Gasteiger partial charge >= 0.3 is 12.1 Å². The molecule has 3 atom stereocenters. The van der Waals surface area contributed by atoms with Crippen LogP contribution in [-0.4, -0.2) is 40.2 Å². The van der Waals surface area contributed by atoms with Crippen molar-refractivity contribution in [2.24, 2.45) is 5.92 Å². The van der Waals surface area contributed by atoms with Gasteiger partial charge in [0.1, 0.15) is 24.7 Å². The molecule has 1 heterocycles. The highest BCUT2D eigenvalue weighted by Crippen LogP contribution is 2.22. The SMILES string of the molecule is CC(OC(=O)OCc1ccc([N+](=O)[O-])cc1)C1C(=O)NC1C(=O)O. The summed E-state index contributed by atoms with van der Waals surface area (Å²) in [6.45, 7) is 1.22. The minimum atomic E-state index is -1.21. The van der Waals surface area contributed by atoms with E-state index in [1.54, 1.807) is 0 Å². The van der Waals surface area contributed by atoms with Crippen LogP contribution < -0.4 is 5.32 Å². The van der Waals surface area contributed by atoms with Gasteiger partial charge in [-0.05, 0) is 24.6 Å². The minimum Gasteiger partial charge on any atom is -0.480 e. The number of hydrogen-bond donors (Lipinski definition) is 2. The molecular formula is C14H14N2O8. The highest BCUT2D eigenvalue weighted by Gasteiger charge is 2.49. The van der Waals surface area contributed by atoms with Gasteiger partial charge in [0.2, 0.25) is 5.91 Å². The summed E-state index contributed by atoms with van der Waals surface area (Å²) in [5.41, 5.74) is 0.417. The van der Waals surface area contributed by atoms with Crippen molar-refractivity contribution in [2.75, 3.05) is 0 Å². The minimum absolute atomic E-state index is 0.0920. The van der Waals surface area contributed by atoms with E-state index in [9.17, 15) is 24.5 Å². The Labute approximate surface area is 135 Å². The van der Waals surface area contributed by atoms with Crippen molar-refractivity contribution < 1.29 is 33.9 Å². The fourth-order valence-electron chi connectivity index (χ4n) is 2.21. The first-order valence-corrected chi connectivity index (χ1v) is 6.89. The number of nitro benzene ring substituents is 1. The number of non-ortho nitro benzene ring substituents is 1. The van der Waals surface area contributed by atoms with Crippen LogP contribution in [0.4, 0.5) is 10.5 Å². The second kappa shape index (κ2) is 6.94. The lowest BCUT2D eigenvalue weighted by Gasteiger charge is -2.36. The lowest BCUT2D eigenvalue weighted by Crippen LogP contribution is -2.65. The molecule has 1 fully saturated rings. The largest absolute Gasteiger partial charge is 0.508 e. The Bertz CT molecular complexity index is 672. The number of rotatable bonds is 6. The number of carbonyl (C=O) groups excluding carboxylic acids is 2. The van der Waals surface area contributed by atoms with Crippen molar-refractivity contribution in [1.82, 2.24) is 5.32 Å². The van der Waals surface area contributed by atoms with Gasteiger partial charge in [-0.1, -0.05) is 0 Å². The zero-order valence-corrected chi connectivity index (χ0v) is 12.5. The Morgan fingerprint density at radius 3 is 2.50 bits per heavy atom. The molecule has 1 aliphatic rings. The standard InChI is InChI=1S/C14H14N2O8/c1-7(10-11(13(18)19)15-12(10)17)24-14(20)23-6-8-2-4-9(5-3-8)16(21)22/h2-5,7,10-11H,6H2,1H3,(H,15,17)(H,18,19). The monoisotopic (exact) mass is 338 g/mol. The molecule has 24 heavy (non-hydrogen) atoms. The quantitative estimate of drug-likeness (QED) is 0.336. The number of nitrogens with zero attached hydrogens (tertiary/aromatic N) is 1. The van der Waals surface area contributed by atoms with Crippen LogP contribution in [0.5, 0.6) is 0 Å². The lowest BCUT2D eigenvalue weighted by molar-refractivity contribution is -0.384. The summed E-state index contributed by atoms with van der Waals surface area (Å²) in [5, 5.41) is 21.6. The number of ether oxygens (including phenoxy) is 2. The first-order chi connectivity index (χ1) is 11.3. The number of hydrogen-bond acceptors (Lipinski definition) is 7. The number of nitrogens with one attached hydrogen (secondary N) is 1. The van der Waals surface area contributed by atoms with Gasteiger partial charge in [-0.15, -0.1) is 0 Å². The summed E-state index contributed by atoms with van der Waals surface area (Å²) in [4.78, 5) is 43.8. The highest BCUT2D eigenvalue weighted by molar-refractivity contribution is 5.97. The van der Waals surface area contributed by atoms with E-state index in [2.05, 4.69) is 5.32 Å². The number of aliphatic carboxylic acids is 1. The van der Waals surface area contributed by atoms with Gasteiger partial charge in [-0.25, -0.2) is 9.59 Å². The van der Waals surface area contributed by atoms with Crippen LogP contribution in [0, 0.1) is 16.0 Å². The third kappa shape index (κ3) is 3.77. The maximum atomic E-state index is 11.6. The summed E-state index contributed by atoms with van der Waals surface area (Å²) < 4.78 is 9.73. The smallest absolute Gasteiger partial charge is 0.480 e. The number of carboxylic acid groups (broad SMARTS) is 1. The second-order valence-electron chi connectivity index (χ2n) is 5.14. The van der Waals surface area contributed by atoms with Gasteiger partial charge in [0.05, 0.1) is 4.92 Å². The van der Waals surface area contributed by atoms with Crippen molar-refractivity contribution in [3.8, 4) is 0 Å². The summed E-state index contributed by atoms with van der Waals surface area (Å²) in [5.74, 6) is -2.71. The van der Waals surface area contributed by atoms with E-state index in [4.69, 9.17) is 14.6 Å². The maximum Gasteiger partial charge on any atom is 0.508 e. The van der Waals surface area contributed by atoms with E-state index in [1.165, 1.54) is 31.2 Å². The van der Waals surface area contributed by atoms with E-state index in [1.807, 2.05) is 0 Å². The topological polar surface area (TPSA) is 145 Å². The maximum absolute atomic E-state index is 11.6. The molecule has 3 unspecified atom stereocenters. The van der Waals surface area contributed by atoms with Crippen LogP contribution in [0.15, 0.2) is 24.3 Å². The van der Waals surface area contributed by atoms with E-state index in [0.29, 0.717) is 5.56 Å². The van der Waals surface area contributed by atoms with Crippen LogP contribution in [-0.2, 0) is 25.7 Å². The second-order valence-corrected chi connectivity index (χ2v) is 5.14. The third-order valence-corrected chi connectivity index (χ3v) is 3.52. The molecule has 1 aliphatic heterocycles. The number of benzene rings is 1. The van der Waals surface area contributed by atoms with E-state index < -0.39 is 41.0 Å². The number of carboxylic acids is 1. The molecule has 0 saturated carbocycles. The molecule has 1 aromatic rings. The molecule has 0 aliphatic carbocycles. The molecule has 0 radical (unpaired) electrons. The molecule has 1 amide bonds. The number of nitro groups is 1. The molecule has 2 N–H and O–H groups in total. The first-order valence-electron chi connectivity index (χ1n) is 6.89. The van der Waals surface area contributed by atoms with Crippen LogP contribution in [0.25, 0.3) is 0 Å². The highest BCUT2D eigenvalue weighted by atomic mass is 16.7. The van der Waals surface area contributed by atoms with Gasteiger partial charge in [-0.3, -0.25) is 14.9 Å². The molecule has 10 heteroatoms. The van der Waals surface area contributed by atoms with Crippen LogP contribution >= 0.6 is 0 Å². The van der Waals surface area contributed by atoms with Crippen LogP contribution in [0.1, 0.15) is 12.5 Å². The lowest BCUT2D eigenvalue weighted by atomic mass is 9.86. The Kier molecular flexibility index (Phi) is 4.97. The number of carbonyl (C=O) groups is 3. The van der Waals surface area contributed by atoms with Crippen molar-refractivity contribution in [2.45, 2.75) is 25.7 Å². The van der Waals surface area contributed by atoms with Crippen molar-refractivity contribution in [1.29, 1.82) is 0 Å². The Morgan fingerprint density at radius 1 is 1.38 bits per heavy atom. The molecule has 10 nitrogen and oxygen atoms in total. The van der Waals surface area contributed by atoms with Gasteiger partial charge in [-0.2, -0.15) is 0 Å². The zero-order chi connectivity index (χ0) is 17.9. The first kappa shape index (κ1) is 17.2. The van der Waals surface area contributed by atoms with E-state index >= 15 is 0 Å². The third-order valence-electron chi connectivity index (χ3n) is 3.52. The van der Waals surface area contributed by atoms with Crippen molar-refractivity contribution in [3.05, 3.63) is 39.9 Å². The summed E-state index contributed by atoms with van der Waals surface area (Å²) in [7, 11) is 0. The molecule has 0 aromatic heterocycles. The Hall–Kier alpha value is -3.17. The molecule has 2 rings (SSSR count). The van der Waals surface area contributed by atoms with Crippen LogP contribution in [0.3, 0.4) is 0 Å². The van der Waals surface area contributed by atoms with Gasteiger partial charge in [0, 0.05) is 12.1 Å². The Balaban J connectivity index is 1.83. The normalized spacial score (nSPS) is 20.3. The van der Waals surface area contributed by atoms with Gasteiger partial charge in [0.15, 0.2) is 0 Å². The summed E-state index contributed by atoms with van der Waals surface area (Å²) in [6, 6.07) is 4.28.